The molecule has 24 heavy (non-hydrogen) atoms. The van der Waals surface area contributed by atoms with Gasteiger partial charge >= 0.3 is 0 Å². The molecule has 0 radical (unpaired) electrons. The zero-order valence-electron chi connectivity index (χ0n) is 14.8. The largest absolute Gasteiger partial charge is 0.508 e. The first-order valence-corrected chi connectivity index (χ1v) is 9.55. The van der Waals surface area contributed by atoms with Crippen molar-refractivity contribution in [3.63, 3.8) is 0 Å². The van der Waals surface area contributed by atoms with Gasteiger partial charge in [-0.15, -0.1) is 0 Å². The summed E-state index contributed by atoms with van der Waals surface area (Å²) in [7, 11) is 0. The number of hydrogen-bond donors (Lipinski definition) is 2. The van der Waals surface area contributed by atoms with Crippen molar-refractivity contribution in [3.8, 4) is 17.6 Å². The summed E-state index contributed by atoms with van der Waals surface area (Å²) < 4.78 is 0. The van der Waals surface area contributed by atoms with E-state index >= 15 is 0 Å². The Balaban J connectivity index is 1.61. The SMILES string of the molecule is CC(C)C#CC1(O)CCC2C3CCc4cc(O)ccc4C3CCC21. The van der Waals surface area contributed by atoms with Gasteiger partial charge in [0, 0.05) is 11.8 Å². The van der Waals surface area contributed by atoms with Gasteiger partial charge in [-0.1, -0.05) is 31.8 Å². The predicted octanol–water partition coefficient (Wildman–Crippen LogP) is 4.25. The summed E-state index contributed by atoms with van der Waals surface area (Å²) in [5.41, 5.74) is 2.03. The maximum Gasteiger partial charge on any atom is 0.128 e. The van der Waals surface area contributed by atoms with Gasteiger partial charge in [0.1, 0.15) is 11.4 Å². The molecule has 0 aliphatic heterocycles. The summed E-state index contributed by atoms with van der Waals surface area (Å²) in [6, 6.07) is 5.94. The molecule has 3 aliphatic rings. The average molecular weight is 324 g/mol. The fourth-order valence-electron chi connectivity index (χ4n) is 5.68. The minimum atomic E-state index is -0.755. The number of rotatable bonds is 0. The summed E-state index contributed by atoms with van der Waals surface area (Å²) in [6.45, 7) is 4.18. The highest BCUT2D eigenvalue weighted by Crippen LogP contribution is 2.57. The number of aryl methyl sites for hydroxylation is 1. The highest BCUT2D eigenvalue weighted by Gasteiger charge is 2.53. The summed E-state index contributed by atoms with van der Waals surface area (Å²) in [5.74, 6) is 9.43. The normalized spacial score (nSPS) is 37.2. The third-order valence-electron chi connectivity index (χ3n) is 6.69. The van der Waals surface area contributed by atoms with Crippen molar-refractivity contribution in [2.24, 2.45) is 23.7 Å². The number of hydrogen-bond acceptors (Lipinski definition) is 2. The molecule has 2 N–H and O–H groups in total. The summed E-state index contributed by atoms with van der Waals surface area (Å²) in [4.78, 5) is 0. The van der Waals surface area contributed by atoms with E-state index in [0.29, 0.717) is 35.3 Å². The van der Waals surface area contributed by atoms with Gasteiger partial charge in [0.2, 0.25) is 0 Å². The van der Waals surface area contributed by atoms with Crippen LogP contribution in [0.1, 0.15) is 63.0 Å². The average Bonchev–Trinajstić information content (AvgIpc) is 2.90. The van der Waals surface area contributed by atoms with Crippen molar-refractivity contribution in [1.82, 2.24) is 0 Å². The molecule has 2 fully saturated rings. The van der Waals surface area contributed by atoms with Crippen LogP contribution in [0.4, 0.5) is 0 Å². The fourth-order valence-corrected chi connectivity index (χ4v) is 5.68. The van der Waals surface area contributed by atoms with Crippen LogP contribution < -0.4 is 0 Å². The van der Waals surface area contributed by atoms with Gasteiger partial charge in [-0.05, 0) is 79.5 Å². The van der Waals surface area contributed by atoms with E-state index in [2.05, 4.69) is 31.8 Å². The molecule has 128 valence electrons. The third-order valence-corrected chi connectivity index (χ3v) is 6.69. The molecule has 1 aromatic rings. The molecule has 0 heterocycles. The van der Waals surface area contributed by atoms with Crippen molar-refractivity contribution < 1.29 is 10.2 Å². The molecule has 3 aliphatic carbocycles. The molecule has 4 rings (SSSR count). The molecule has 2 saturated carbocycles. The van der Waals surface area contributed by atoms with Crippen molar-refractivity contribution in [1.29, 1.82) is 0 Å². The number of benzene rings is 1. The van der Waals surface area contributed by atoms with Crippen LogP contribution in [0.15, 0.2) is 18.2 Å². The van der Waals surface area contributed by atoms with E-state index in [9.17, 15) is 10.2 Å². The molecular formula is C22H28O2. The van der Waals surface area contributed by atoms with Gasteiger partial charge in [-0.25, -0.2) is 0 Å². The lowest BCUT2D eigenvalue weighted by atomic mass is 9.59. The highest BCUT2D eigenvalue weighted by molar-refractivity contribution is 5.40. The maximum absolute atomic E-state index is 11.2. The standard InChI is InChI=1S/C22H28O2/c1-14(2)9-11-22(24)12-10-20-19-5-3-15-13-16(23)4-6-17(15)18(19)7-8-21(20)22/h4,6,13-14,18-21,23-24H,3,5,7-8,10,12H2,1-2H3. The number of aromatic hydroxyl groups is 1. The van der Waals surface area contributed by atoms with E-state index in [-0.39, 0.29) is 0 Å². The molecule has 1 aromatic carbocycles. The second-order valence-corrected chi connectivity index (χ2v) is 8.43. The van der Waals surface area contributed by atoms with E-state index in [1.807, 2.05) is 12.1 Å². The zero-order valence-corrected chi connectivity index (χ0v) is 14.8. The maximum atomic E-state index is 11.2. The Bertz CT molecular complexity index is 696. The van der Waals surface area contributed by atoms with Gasteiger partial charge in [-0.3, -0.25) is 0 Å². The molecule has 0 aromatic heterocycles. The first-order valence-electron chi connectivity index (χ1n) is 9.55. The lowest BCUT2D eigenvalue weighted by Crippen LogP contribution is -2.42. The number of fused-ring (bicyclic) bond motifs is 5. The first kappa shape index (κ1) is 16.0. The van der Waals surface area contributed by atoms with Crippen LogP contribution in [0.5, 0.6) is 5.75 Å². The first-order chi connectivity index (χ1) is 11.5. The second kappa shape index (κ2) is 5.81. The lowest BCUT2D eigenvalue weighted by molar-refractivity contribution is 0.00921. The van der Waals surface area contributed by atoms with Gasteiger partial charge < -0.3 is 10.2 Å². The minimum absolute atomic E-state index is 0.318. The fraction of sp³-hybridized carbons (Fsp3) is 0.636. The van der Waals surface area contributed by atoms with E-state index in [1.165, 1.54) is 17.5 Å². The van der Waals surface area contributed by atoms with Crippen LogP contribution in [0.2, 0.25) is 0 Å². The van der Waals surface area contributed by atoms with E-state index in [0.717, 1.165) is 32.1 Å². The van der Waals surface area contributed by atoms with E-state index in [1.54, 1.807) is 0 Å². The molecule has 5 atom stereocenters. The van der Waals surface area contributed by atoms with Crippen molar-refractivity contribution >= 4 is 0 Å². The molecule has 0 spiro atoms. The molecule has 5 unspecified atom stereocenters. The number of aliphatic hydroxyl groups is 1. The summed E-state index contributed by atoms with van der Waals surface area (Å²) in [6.07, 6.45) is 6.43. The molecule has 0 amide bonds. The predicted molar refractivity (Wildman–Crippen MR) is 95.7 cm³/mol. The Morgan fingerprint density at radius 1 is 1.12 bits per heavy atom. The topological polar surface area (TPSA) is 40.5 Å². The lowest BCUT2D eigenvalue weighted by Gasteiger charge is -2.45. The molecule has 2 heteroatoms. The van der Waals surface area contributed by atoms with Crippen molar-refractivity contribution in [2.45, 2.75) is 63.9 Å². The molecular weight excluding hydrogens is 296 g/mol. The van der Waals surface area contributed by atoms with E-state index < -0.39 is 5.60 Å². The molecule has 0 bridgehead atoms. The van der Waals surface area contributed by atoms with Crippen LogP contribution in [0, 0.1) is 35.5 Å². The minimum Gasteiger partial charge on any atom is -0.508 e. The van der Waals surface area contributed by atoms with Crippen LogP contribution in [-0.2, 0) is 6.42 Å². The Hall–Kier alpha value is -1.46. The highest BCUT2D eigenvalue weighted by atomic mass is 16.3. The molecule has 2 nitrogen and oxygen atoms in total. The van der Waals surface area contributed by atoms with E-state index in [4.69, 9.17) is 0 Å². The monoisotopic (exact) mass is 324 g/mol. The van der Waals surface area contributed by atoms with Crippen molar-refractivity contribution in [2.75, 3.05) is 0 Å². The van der Waals surface area contributed by atoms with Crippen LogP contribution in [0.3, 0.4) is 0 Å². The van der Waals surface area contributed by atoms with Crippen LogP contribution >= 0.6 is 0 Å². The van der Waals surface area contributed by atoms with Crippen LogP contribution in [-0.4, -0.2) is 15.8 Å². The van der Waals surface area contributed by atoms with Gasteiger partial charge in [-0.2, -0.15) is 0 Å². The van der Waals surface area contributed by atoms with Crippen molar-refractivity contribution in [3.05, 3.63) is 29.3 Å². The Morgan fingerprint density at radius 2 is 1.96 bits per heavy atom. The zero-order chi connectivity index (χ0) is 16.9. The number of phenolic OH excluding ortho intramolecular Hbond substituents is 1. The third kappa shape index (κ3) is 2.54. The quantitative estimate of drug-likeness (QED) is 0.701. The van der Waals surface area contributed by atoms with Gasteiger partial charge in [0.05, 0.1) is 0 Å². The smallest absolute Gasteiger partial charge is 0.128 e. The second-order valence-electron chi connectivity index (χ2n) is 8.43. The Kier molecular flexibility index (Phi) is 3.88. The summed E-state index contributed by atoms with van der Waals surface area (Å²) in [5, 5.41) is 20.9. The van der Waals surface area contributed by atoms with Gasteiger partial charge in [0.15, 0.2) is 0 Å². The Morgan fingerprint density at radius 3 is 2.75 bits per heavy atom. The number of phenols is 1. The van der Waals surface area contributed by atoms with Gasteiger partial charge in [0.25, 0.3) is 0 Å². The van der Waals surface area contributed by atoms with Crippen LogP contribution in [0.25, 0.3) is 0 Å². The summed E-state index contributed by atoms with van der Waals surface area (Å²) >= 11 is 0. The Labute approximate surface area is 145 Å². The molecule has 0 saturated heterocycles.